The molecule has 3 N–H and O–H groups in total. The van der Waals surface area contributed by atoms with Crippen LogP contribution in [0.1, 0.15) is 28.8 Å². The van der Waals surface area contributed by atoms with E-state index in [-0.39, 0.29) is 5.56 Å². The highest BCUT2D eigenvalue weighted by Crippen LogP contribution is 2.32. The van der Waals surface area contributed by atoms with Gasteiger partial charge in [-0.15, -0.1) is 0 Å². The SMILES string of the molecule is CS(=O)(=O)Nc1ccc(F)c(C(=O)c2c[nH]c3ncnc(NCC4CC4)c23)c1F. The van der Waals surface area contributed by atoms with Crippen LogP contribution in [-0.4, -0.2) is 42.0 Å². The number of aromatic nitrogens is 3. The number of benzene rings is 1. The Balaban J connectivity index is 1.78. The first-order valence-corrected chi connectivity index (χ1v) is 10.7. The van der Waals surface area contributed by atoms with E-state index >= 15 is 0 Å². The number of H-pyrrole nitrogens is 1. The van der Waals surface area contributed by atoms with E-state index in [1.54, 1.807) is 0 Å². The van der Waals surface area contributed by atoms with E-state index in [1.165, 1.54) is 12.5 Å². The summed E-state index contributed by atoms with van der Waals surface area (Å²) in [7, 11) is -3.82. The fourth-order valence-corrected chi connectivity index (χ4v) is 3.57. The standard InChI is InChI=1S/C18H17F2N5O3S/c1-29(27,28)25-12-5-4-11(19)14(15(12)20)16(26)10-7-22-18-13(10)17(23-8-24-18)21-6-9-2-3-9/h4-5,7-9,25H,2-3,6H2,1H3,(H2,21,22,23,24). The third-order valence-electron chi connectivity index (χ3n) is 4.58. The van der Waals surface area contributed by atoms with Crippen molar-refractivity contribution in [3.8, 4) is 0 Å². The molecular formula is C18H17F2N5O3S. The summed E-state index contributed by atoms with van der Waals surface area (Å²) in [6.07, 6.45) is 5.67. The molecule has 11 heteroatoms. The van der Waals surface area contributed by atoms with Crippen LogP contribution in [0.25, 0.3) is 11.0 Å². The molecule has 4 rings (SSSR count). The molecule has 3 aromatic rings. The Morgan fingerprint density at radius 1 is 1.28 bits per heavy atom. The molecule has 1 aromatic carbocycles. The number of halogens is 2. The van der Waals surface area contributed by atoms with Crippen molar-refractivity contribution in [1.29, 1.82) is 0 Å². The van der Waals surface area contributed by atoms with Crippen LogP contribution < -0.4 is 10.0 Å². The number of hydrogen-bond donors (Lipinski definition) is 3. The van der Waals surface area contributed by atoms with Gasteiger partial charge < -0.3 is 10.3 Å². The molecule has 2 heterocycles. The van der Waals surface area contributed by atoms with Crippen LogP contribution in [0.2, 0.25) is 0 Å². The van der Waals surface area contributed by atoms with Gasteiger partial charge in [0.05, 0.1) is 28.5 Å². The van der Waals surface area contributed by atoms with Gasteiger partial charge in [0.2, 0.25) is 15.8 Å². The van der Waals surface area contributed by atoms with E-state index in [2.05, 4.69) is 20.3 Å². The van der Waals surface area contributed by atoms with Gasteiger partial charge in [-0.05, 0) is 30.9 Å². The Morgan fingerprint density at radius 3 is 2.72 bits per heavy atom. The van der Waals surface area contributed by atoms with Gasteiger partial charge in [0, 0.05) is 12.7 Å². The maximum atomic E-state index is 14.8. The summed E-state index contributed by atoms with van der Waals surface area (Å²) in [6, 6.07) is 1.75. The van der Waals surface area contributed by atoms with Crippen LogP contribution in [-0.2, 0) is 10.0 Å². The summed E-state index contributed by atoms with van der Waals surface area (Å²) < 4.78 is 54.0. The van der Waals surface area contributed by atoms with Gasteiger partial charge in [-0.3, -0.25) is 9.52 Å². The number of nitrogens with zero attached hydrogens (tertiary/aromatic N) is 2. The number of fused-ring (bicyclic) bond motifs is 1. The topological polar surface area (TPSA) is 117 Å². The highest BCUT2D eigenvalue weighted by atomic mass is 32.2. The lowest BCUT2D eigenvalue weighted by Crippen LogP contribution is -2.15. The second kappa shape index (κ2) is 7.07. The lowest BCUT2D eigenvalue weighted by Gasteiger charge is -2.11. The minimum absolute atomic E-state index is 0.0202. The number of carbonyl (C=O) groups excluding carboxylic acids is 1. The van der Waals surface area contributed by atoms with E-state index in [0.29, 0.717) is 29.3 Å². The van der Waals surface area contributed by atoms with Gasteiger partial charge in [0.1, 0.15) is 23.6 Å². The van der Waals surface area contributed by atoms with Gasteiger partial charge in [-0.2, -0.15) is 0 Å². The number of hydrogen-bond acceptors (Lipinski definition) is 6. The van der Waals surface area contributed by atoms with Crippen LogP contribution in [0, 0.1) is 17.6 Å². The molecule has 29 heavy (non-hydrogen) atoms. The van der Waals surface area contributed by atoms with Crippen molar-refractivity contribution in [2.45, 2.75) is 12.8 Å². The average Bonchev–Trinajstić information content (AvgIpc) is 3.38. The maximum Gasteiger partial charge on any atom is 0.229 e. The molecule has 0 unspecified atom stereocenters. The molecule has 0 radical (unpaired) electrons. The van der Waals surface area contributed by atoms with Gasteiger partial charge in [-0.25, -0.2) is 27.2 Å². The smallest absolute Gasteiger partial charge is 0.229 e. The predicted octanol–water partition coefficient (Wildman–Crippen LogP) is 2.66. The molecule has 0 atom stereocenters. The molecule has 0 aliphatic heterocycles. The van der Waals surface area contributed by atoms with Gasteiger partial charge in [0.25, 0.3) is 0 Å². The quantitative estimate of drug-likeness (QED) is 0.505. The number of aromatic amines is 1. The molecule has 152 valence electrons. The predicted molar refractivity (Wildman–Crippen MR) is 103 cm³/mol. The summed E-state index contributed by atoms with van der Waals surface area (Å²) >= 11 is 0. The monoisotopic (exact) mass is 421 g/mol. The van der Waals surface area contributed by atoms with E-state index in [9.17, 15) is 22.0 Å². The average molecular weight is 421 g/mol. The van der Waals surface area contributed by atoms with E-state index in [0.717, 1.165) is 31.2 Å². The molecule has 0 spiro atoms. The Labute approximate surface area is 164 Å². The molecule has 0 bridgehead atoms. The zero-order valence-corrected chi connectivity index (χ0v) is 16.1. The van der Waals surface area contributed by atoms with Crippen molar-refractivity contribution in [3.63, 3.8) is 0 Å². The molecule has 2 aromatic heterocycles. The summed E-state index contributed by atoms with van der Waals surface area (Å²) in [4.78, 5) is 24.0. The largest absolute Gasteiger partial charge is 0.369 e. The number of carbonyl (C=O) groups is 1. The van der Waals surface area contributed by atoms with Gasteiger partial charge in [-0.1, -0.05) is 0 Å². The van der Waals surface area contributed by atoms with Crippen LogP contribution >= 0.6 is 0 Å². The zero-order valence-electron chi connectivity index (χ0n) is 15.3. The van der Waals surface area contributed by atoms with Crippen LogP contribution in [0.4, 0.5) is 20.3 Å². The van der Waals surface area contributed by atoms with Crippen molar-refractivity contribution in [2.75, 3.05) is 22.8 Å². The van der Waals surface area contributed by atoms with Crippen molar-refractivity contribution in [3.05, 3.63) is 47.4 Å². The van der Waals surface area contributed by atoms with Gasteiger partial charge >= 0.3 is 0 Å². The maximum absolute atomic E-state index is 14.8. The third-order valence-corrected chi connectivity index (χ3v) is 5.17. The van der Waals surface area contributed by atoms with Gasteiger partial charge in [0.15, 0.2) is 5.82 Å². The fraction of sp³-hybridized carbons (Fsp3) is 0.278. The number of anilines is 2. The summed E-state index contributed by atoms with van der Waals surface area (Å²) in [5.41, 5.74) is -1.06. The van der Waals surface area contributed by atoms with Crippen LogP contribution in [0.3, 0.4) is 0 Å². The molecule has 8 nitrogen and oxygen atoms in total. The number of nitrogens with one attached hydrogen (secondary N) is 3. The summed E-state index contributed by atoms with van der Waals surface area (Å²) in [5, 5.41) is 3.47. The first-order chi connectivity index (χ1) is 13.7. The summed E-state index contributed by atoms with van der Waals surface area (Å²) in [5.74, 6) is -2.43. The Kier molecular flexibility index (Phi) is 4.69. The van der Waals surface area contributed by atoms with Crippen molar-refractivity contribution in [2.24, 2.45) is 5.92 Å². The van der Waals surface area contributed by atoms with Crippen molar-refractivity contribution in [1.82, 2.24) is 15.0 Å². The van der Waals surface area contributed by atoms with Crippen LogP contribution in [0.15, 0.2) is 24.7 Å². The summed E-state index contributed by atoms with van der Waals surface area (Å²) in [6.45, 7) is 0.668. The van der Waals surface area contributed by atoms with E-state index in [4.69, 9.17) is 0 Å². The Hall–Kier alpha value is -3.08. The lowest BCUT2D eigenvalue weighted by molar-refractivity contribution is 0.103. The van der Waals surface area contributed by atoms with Crippen molar-refractivity contribution >= 4 is 38.3 Å². The molecule has 1 saturated carbocycles. The second-order valence-corrected chi connectivity index (χ2v) is 8.71. The zero-order chi connectivity index (χ0) is 20.8. The fourth-order valence-electron chi connectivity index (χ4n) is 3.01. The molecule has 1 fully saturated rings. The van der Waals surface area contributed by atoms with E-state index < -0.39 is 38.7 Å². The highest BCUT2D eigenvalue weighted by Gasteiger charge is 2.27. The Bertz CT molecular complexity index is 1220. The lowest BCUT2D eigenvalue weighted by atomic mass is 10.0. The first-order valence-electron chi connectivity index (χ1n) is 8.81. The molecule has 0 saturated heterocycles. The number of sulfonamides is 1. The van der Waals surface area contributed by atoms with Crippen molar-refractivity contribution < 1.29 is 22.0 Å². The molecule has 0 amide bonds. The van der Waals surface area contributed by atoms with E-state index in [1.807, 2.05) is 4.72 Å². The minimum Gasteiger partial charge on any atom is -0.369 e. The number of ketones is 1. The number of rotatable bonds is 7. The highest BCUT2D eigenvalue weighted by molar-refractivity contribution is 7.92. The Morgan fingerprint density at radius 2 is 2.03 bits per heavy atom. The first kappa shape index (κ1) is 19.2. The van der Waals surface area contributed by atoms with Crippen LogP contribution in [0.5, 0.6) is 0 Å². The molecular weight excluding hydrogens is 404 g/mol. The molecule has 1 aliphatic carbocycles. The molecule has 1 aliphatic rings. The normalized spacial score (nSPS) is 14.2. The third kappa shape index (κ3) is 3.90. The second-order valence-electron chi connectivity index (χ2n) is 6.96. The minimum atomic E-state index is -3.82.